The molecule has 0 aliphatic heterocycles. The summed E-state index contributed by atoms with van der Waals surface area (Å²) in [7, 11) is 0. The highest BCUT2D eigenvalue weighted by Crippen LogP contribution is 1.93. The van der Waals surface area contributed by atoms with Crippen molar-refractivity contribution in [2.45, 2.75) is 19.9 Å². The van der Waals surface area contributed by atoms with E-state index in [0.717, 1.165) is 18.5 Å². The summed E-state index contributed by atoms with van der Waals surface area (Å²) in [5, 5.41) is 9.31. The Kier molecular flexibility index (Phi) is 4.71. The predicted octanol–water partition coefficient (Wildman–Crippen LogP) is 0.290. The van der Waals surface area contributed by atoms with E-state index in [0.29, 0.717) is 13.1 Å². The molecule has 0 aromatic carbocycles. The maximum absolute atomic E-state index is 11.1. The molecule has 0 bridgehead atoms. The average Bonchev–Trinajstić information content (AvgIpc) is 2.67. The minimum atomic E-state index is 0.0169. The van der Waals surface area contributed by atoms with E-state index in [1.165, 1.54) is 0 Å². The van der Waals surface area contributed by atoms with Gasteiger partial charge in [-0.1, -0.05) is 12.1 Å². The van der Waals surface area contributed by atoms with E-state index < -0.39 is 0 Å². The van der Waals surface area contributed by atoms with Gasteiger partial charge in [0.05, 0.1) is 12.7 Å². The lowest BCUT2D eigenvalue weighted by Crippen LogP contribution is -2.33. The van der Waals surface area contributed by atoms with Gasteiger partial charge in [-0.2, -0.15) is 0 Å². The second-order valence-electron chi connectivity index (χ2n) is 2.99. The smallest absolute Gasteiger partial charge is 0.233 e. The highest BCUT2D eigenvalue weighted by molar-refractivity contribution is 5.77. The van der Waals surface area contributed by atoms with Crippen LogP contribution in [-0.2, 0) is 11.3 Å². The van der Waals surface area contributed by atoms with Gasteiger partial charge in [-0.25, -0.2) is 0 Å². The lowest BCUT2D eigenvalue weighted by molar-refractivity contribution is -0.120. The lowest BCUT2D eigenvalue weighted by Gasteiger charge is -2.03. The van der Waals surface area contributed by atoms with Crippen LogP contribution in [0.25, 0.3) is 0 Å². The Labute approximate surface area is 82.8 Å². The van der Waals surface area contributed by atoms with E-state index in [4.69, 9.17) is 0 Å². The number of hydrogen-bond acceptors (Lipinski definition) is 4. The Morgan fingerprint density at radius 1 is 1.64 bits per heavy atom. The standard InChI is InChI=1S/C9H15N3O2/c1-2-3-11-9(13)6-10-4-8-5-12-14-7-8/h5,7,10H,2-4,6H2,1H3,(H,11,13). The molecule has 0 unspecified atom stereocenters. The summed E-state index contributed by atoms with van der Waals surface area (Å²) in [6, 6.07) is 0. The van der Waals surface area contributed by atoms with Crippen molar-refractivity contribution in [3.8, 4) is 0 Å². The normalized spacial score (nSPS) is 10.1. The quantitative estimate of drug-likeness (QED) is 0.688. The molecule has 78 valence electrons. The second kappa shape index (κ2) is 6.15. The van der Waals surface area contributed by atoms with E-state index in [1.807, 2.05) is 6.92 Å². The first-order valence-corrected chi connectivity index (χ1v) is 4.68. The molecule has 1 aromatic heterocycles. The molecule has 0 radical (unpaired) electrons. The molecule has 0 fully saturated rings. The van der Waals surface area contributed by atoms with Gasteiger partial charge in [0.15, 0.2) is 0 Å². The van der Waals surface area contributed by atoms with Crippen LogP contribution < -0.4 is 10.6 Å². The number of nitrogens with one attached hydrogen (secondary N) is 2. The van der Waals surface area contributed by atoms with Crippen molar-refractivity contribution in [1.82, 2.24) is 15.8 Å². The third kappa shape index (κ3) is 4.04. The molecule has 0 spiro atoms. The van der Waals surface area contributed by atoms with Crippen LogP contribution in [0.2, 0.25) is 0 Å². The number of carbonyl (C=O) groups excluding carboxylic acids is 1. The maximum atomic E-state index is 11.1. The zero-order chi connectivity index (χ0) is 10.2. The number of rotatable bonds is 6. The van der Waals surface area contributed by atoms with Gasteiger partial charge in [0.1, 0.15) is 6.26 Å². The summed E-state index contributed by atoms with van der Waals surface area (Å²) in [6.45, 7) is 3.67. The first-order chi connectivity index (χ1) is 6.83. The molecule has 1 heterocycles. The lowest BCUT2D eigenvalue weighted by atomic mass is 10.3. The van der Waals surface area contributed by atoms with Gasteiger partial charge in [0, 0.05) is 18.7 Å². The van der Waals surface area contributed by atoms with E-state index in [-0.39, 0.29) is 5.91 Å². The van der Waals surface area contributed by atoms with Gasteiger partial charge in [0.25, 0.3) is 0 Å². The van der Waals surface area contributed by atoms with Crippen LogP contribution in [0.4, 0.5) is 0 Å². The van der Waals surface area contributed by atoms with Crippen LogP contribution in [-0.4, -0.2) is 24.2 Å². The summed E-state index contributed by atoms with van der Waals surface area (Å²) in [5.74, 6) is 0.0169. The fourth-order valence-electron chi connectivity index (χ4n) is 0.961. The highest BCUT2D eigenvalue weighted by atomic mass is 16.5. The van der Waals surface area contributed by atoms with E-state index in [9.17, 15) is 4.79 Å². The van der Waals surface area contributed by atoms with Gasteiger partial charge in [-0.05, 0) is 6.42 Å². The molecule has 5 nitrogen and oxygen atoms in total. The van der Waals surface area contributed by atoms with Crippen LogP contribution >= 0.6 is 0 Å². The van der Waals surface area contributed by atoms with E-state index in [1.54, 1.807) is 12.5 Å². The fraction of sp³-hybridized carbons (Fsp3) is 0.556. The monoisotopic (exact) mass is 197 g/mol. The van der Waals surface area contributed by atoms with Crippen LogP contribution in [0, 0.1) is 0 Å². The summed E-state index contributed by atoms with van der Waals surface area (Å²) in [4.78, 5) is 11.1. The molecule has 5 heteroatoms. The van der Waals surface area contributed by atoms with E-state index >= 15 is 0 Å². The van der Waals surface area contributed by atoms with Gasteiger partial charge in [0.2, 0.25) is 5.91 Å². The van der Waals surface area contributed by atoms with Crippen molar-refractivity contribution >= 4 is 5.91 Å². The first kappa shape index (κ1) is 10.7. The molecule has 0 atom stereocenters. The largest absolute Gasteiger partial charge is 0.364 e. The molecule has 1 amide bonds. The second-order valence-corrected chi connectivity index (χ2v) is 2.99. The van der Waals surface area contributed by atoms with Crippen molar-refractivity contribution < 1.29 is 9.32 Å². The summed E-state index contributed by atoms with van der Waals surface area (Å²) in [6.07, 6.45) is 4.13. The molecule has 1 aromatic rings. The molecule has 0 saturated carbocycles. The third-order valence-electron chi connectivity index (χ3n) is 1.67. The Morgan fingerprint density at radius 2 is 2.50 bits per heavy atom. The topological polar surface area (TPSA) is 67.2 Å². The van der Waals surface area contributed by atoms with Crippen molar-refractivity contribution in [2.24, 2.45) is 0 Å². The highest BCUT2D eigenvalue weighted by Gasteiger charge is 1.99. The molecule has 14 heavy (non-hydrogen) atoms. The van der Waals surface area contributed by atoms with Crippen molar-refractivity contribution in [3.63, 3.8) is 0 Å². The number of carbonyl (C=O) groups is 1. The average molecular weight is 197 g/mol. The summed E-state index contributed by atoms with van der Waals surface area (Å²) in [5.41, 5.74) is 0.938. The van der Waals surface area contributed by atoms with E-state index in [2.05, 4.69) is 20.3 Å². The maximum Gasteiger partial charge on any atom is 0.233 e. The van der Waals surface area contributed by atoms with Gasteiger partial charge < -0.3 is 15.2 Å². The van der Waals surface area contributed by atoms with Crippen LogP contribution in [0.1, 0.15) is 18.9 Å². The molecular formula is C9H15N3O2. The van der Waals surface area contributed by atoms with Crippen molar-refractivity contribution in [3.05, 3.63) is 18.0 Å². The van der Waals surface area contributed by atoms with Crippen LogP contribution in [0.3, 0.4) is 0 Å². The Morgan fingerprint density at radius 3 is 3.14 bits per heavy atom. The van der Waals surface area contributed by atoms with Crippen molar-refractivity contribution in [1.29, 1.82) is 0 Å². The zero-order valence-electron chi connectivity index (χ0n) is 8.25. The van der Waals surface area contributed by atoms with Gasteiger partial charge in [-0.15, -0.1) is 0 Å². The third-order valence-corrected chi connectivity index (χ3v) is 1.67. The molecule has 0 aliphatic carbocycles. The molecule has 0 saturated heterocycles. The molecular weight excluding hydrogens is 182 g/mol. The SMILES string of the molecule is CCCNC(=O)CNCc1cnoc1. The molecule has 2 N–H and O–H groups in total. The van der Waals surface area contributed by atoms with Gasteiger partial charge in [-0.3, -0.25) is 4.79 Å². The zero-order valence-corrected chi connectivity index (χ0v) is 8.25. The molecule has 0 aliphatic rings. The minimum absolute atomic E-state index is 0.0169. The Hall–Kier alpha value is -1.36. The number of amides is 1. The Bertz CT molecular complexity index is 259. The molecule has 1 rings (SSSR count). The van der Waals surface area contributed by atoms with Crippen LogP contribution in [0.15, 0.2) is 17.0 Å². The van der Waals surface area contributed by atoms with Crippen molar-refractivity contribution in [2.75, 3.05) is 13.1 Å². The number of aromatic nitrogens is 1. The fourth-order valence-corrected chi connectivity index (χ4v) is 0.961. The number of hydrogen-bond donors (Lipinski definition) is 2. The Balaban J connectivity index is 2.06. The first-order valence-electron chi connectivity index (χ1n) is 4.68. The number of nitrogens with zero attached hydrogens (tertiary/aromatic N) is 1. The van der Waals surface area contributed by atoms with Gasteiger partial charge >= 0.3 is 0 Å². The minimum Gasteiger partial charge on any atom is -0.364 e. The summed E-state index contributed by atoms with van der Waals surface area (Å²) >= 11 is 0. The summed E-state index contributed by atoms with van der Waals surface area (Å²) < 4.78 is 4.65. The van der Waals surface area contributed by atoms with Crippen LogP contribution in [0.5, 0.6) is 0 Å². The predicted molar refractivity (Wildman–Crippen MR) is 51.5 cm³/mol.